The summed E-state index contributed by atoms with van der Waals surface area (Å²) in [4.78, 5) is 26.1. The van der Waals surface area contributed by atoms with E-state index in [9.17, 15) is 19.8 Å². The van der Waals surface area contributed by atoms with Crippen LogP contribution in [0.2, 0.25) is 0 Å². The number of hydrogen-bond acceptors (Lipinski definition) is 5. The lowest BCUT2D eigenvalue weighted by Crippen LogP contribution is -2.22. The van der Waals surface area contributed by atoms with Crippen LogP contribution in [-0.2, 0) is 20.0 Å². The molecular formula is C20H26Cl2N4O4. The third-order valence-electron chi connectivity index (χ3n) is 4.92. The van der Waals surface area contributed by atoms with Gasteiger partial charge in [-0.2, -0.15) is 0 Å². The molecule has 0 aliphatic heterocycles. The first-order chi connectivity index (χ1) is 13.4. The van der Waals surface area contributed by atoms with E-state index in [4.69, 9.17) is 5.73 Å². The lowest BCUT2D eigenvalue weighted by molar-refractivity contribution is 0.0691. The molecule has 2 aromatic heterocycles. The van der Waals surface area contributed by atoms with Gasteiger partial charge in [0.05, 0.1) is 5.69 Å². The van der Waals surface area contributed by atoms with Gasteiger partial charge in [-0.15, -0.1) is 24.8 Å². The monoisotopic (exact) mass is 456 g/mol. The molecule has 0 spiro atoms. The number of carbonyl (C=O) groups is 1. The number of nitrogens with zero attached hydrogens (tertiary/aromatic N) is 1. The Morgan fingerprint density at radius 2 is 1.97 bits per heavy atom. The van der Waals surface area contributed by atoms with Crippen molar-refractivity contribution in [3.8, 4) is 17.0 Å². The lowest BCUT2D eigenvalue weighted by atomic mass is 9.99. The average Bonchev–Trinajstić information content (AvgIpc) is 2.96. The van der Waals surface area contributed by atoms with Gasteiger partial charge in [-0.25, -0.2) is 4.79 Å². The predicted molar refractivity (Wildman–Crippen MR) is 122 cm³/mol. The zero-order valence-corrected chi connectivity index (χ0v) is 18.3. The topological polar surface area (TPSA) is 133 Å². The third-order valence-corrected chi connectivity index (χ3v) is 4.92. The molecule has 0 saturated carbocycles. The molecule has 164 valence electrons. The van der Waals surface area contributed by atoms with Crippen molar-refractivity contribution in [3.05, 3.63) is 51.4 Å². The van der Waals surface area contributed by atoms with Gasteiger partial charge in [-0.3, -0.25) is 4.79 Å². The van der Waals surface area contributed by atoms with Crippen LogP contribution in [0.3, 0.4) is 0 Å². The van der Waals surface area contributed by atoms with Crippen LogP contribution < -0.4 is 16.6 Å². The predicted octanol–water partition coefficient (Wildman–Crippen LogP) is 2.39. The fourth-order valence-electron chi connectivity index (χ4n) is 3.47. The van der Waals surface area contributed by atoms with Crippen LogP contribution in [0.25, 0.3) is 22.2 Å². The van der Waals surface area contributed by atoms with Crippen molar-refractivity contribution in [2.75, 3.05) is 13.1 Å². The smallest absolute Gasteiger partial charge is 0.345 e. The van der Waals surface area contributed by atoms with Crippen molar-refractivity contribution in [2.45, 2.75) is 19.9 Å². The maximum absolute atomic E-state index is 12.2. The van der Waals surface area contributed by atoms with E-state index >= 15 is 0 Å². The number of aromatic amines is 1. The summed E-state index contributed by atoms with van der Waals surface area (Å²) in [5.41, 5.74) is 7.73. The summed E-state index contributed by atoms with van der Waals surface area (Å²) in [5.74, 6) is -1.93. The number of carboxylic acids is 1. The molecule has 2 heterocycles. The standard InChI is InChI=1S/C20H24N4O4.2ClH/c1-3-14-17(23-19(26)16(18(14)25)20(27)28)11-4-5-15-12(8-11)9-13(24(15)2)10-22-7-6-21;;/h4-5,8-9,22H,3,6-7,10,21H2,1-2H3,(H,27,28)(H2,23,25,26);2*1H. The molecule has 3 rings (SSSR count). The Morgan fingerprint density at radius 1 is 1.27 bits per heavy atom. The molecule has 30 heavy (non-hydrogen) atoms. The number of carboxylic acid groups (broad SMARTS) is 1. The number of nitrogens with two attached hydrogens (primary N) is 1. The minimum absolute atomic E-state index is 0. The van der Waals surface area contributed by atoms with Gasteiger partial charge in [-0.05, 0) is 30.2 Å². The van der Waals surface area contributed by atoms with Gasteiger partial charge in [0.25, 0.3) is 5.56 Å². The van der Waals surface area contributed by atoms with Crippen LogP contribution in [0.5, 0.6) is 5.75 Å². The maximum atomic E-state index is 12.2. The molecule has 0 fully saturated rings. The molecule has 0 aliphatic carbocycles. The van der Waals surface area contributed by atoms with Crippen molar-refractivity contribution >= 4 is 41.7 Å². The molecule has 0 unspecified atom stereocenters. The maximum Gasteiger partial charge on any atom is 0.345 e. The SMILES string of the molecule is CCc1c(-c2ccc3c(c2)cc(CNCCN)n3C)[nH]c(=O)c(C(=O)O)c1O.Cl.Cl. The Hall–Kier alpha value is -2.52. The van der Waals surface area contributed by atoms with E-state index in [0.717, 1.165) is 23.1 Å². The Bertz CT molecular complexity index is 1110. The van der Waals surface area contributed by atoms with Gasteiger partial charge >= 0.3 is 5.97 Å². The molecule has 0 aliphatic rings. The molecule has 0 atom stereocenters. The first kappa shape index (κ1) is 25.5. The Morgan fingerprint density at radius 3 is 2.57 bits per heavy atom. The van der Waals surface area contributed by atoms with E-state index in [2.05, 4.69) is 20.9 Å². The number of rotatable bonds is 7. The first-order valence-corrected chi connectivity index (χ1v) is 9.09. The van der Waals surface area contributed by atoms with Gasteiger partial charge in [-0.1, -0.05) is 13.0 Å². The Balaban J connectivity index is 0.00000225. The van der Waals surface area contributed by atoms with Gasteiger partial charge in [0.1, 0.15) is 5.75 Å². The Kier molecular flexibility index (Phi) is 8.92. The number of aromatic hydroxyl groups is 1. The fourth-order valence-corrected chi connectivity index (χ4v) is 3.47. The zero-order valence-electron chi connectivity index (χ0n) is 16.7. The van der Waals surface area contributed by atoms with Crippen molar-refractivity contribution < 1.29 is 15.0 Å². The summed E-state index contributed by atoms with van der Waals surface area (Å²) >= 11 is 0. The highest BCUT2D eigenvalue weighted by molar-refractivity contribution is 5.92. The number of halogens is 2. The highest BCUT2D eigenvalue weighted by Gasteiger charge is 2.22. The van der Waals surface area contributed by atoms with Crippen LogP contribution in [-0.4, -0.2) is 38.8 Å². The largest absolute Gasteiger partial charge is 0.506 e. The van der Waals surface area contributed by atoms with Crippen molar-refractivity contribution in [1.82, 2.24) is 14.9 Å². The van der Waals surface area contributed by atoms with Gasteiger partial charge in [0.15, 0.2) is 5.56 Å². The molecule has 8 nitrogen and oxygen atoms in total. The van der Waals surface area contributed by atoms with E-state index in [1.807, 2.05) is 25.2 Å². The highest BCUT2D eigenvalue weighted by atomic mass is 35.5. The van der Waals surface area contributed by atoms with Gasteiger partial charge < -0.3 is 30.8 Å². The van der Waals surface area contributed by atoms with Crippen LogP contribution in [0.4, 0.5) is 0 Å². The second kappa shape index (κ2) is 10.5. The van der Waals surface area contributed by atoms with Crippen LogP contribution in [0.1, 0.15) is 28.5 Å². The number of aromatic carboxylic acids is 1. The number of nitrogens with one attached hydrogen (secondary N) is 2. The molecule has 3 aromatic rings. The fraction of sp³-hybridized carbons (Fsp3) is 0.300. The number of H-pyrrole nitrogens is 1. The van der Waals surface area contributed by atoms with Crippen LogP contribution >= 0.6 is 24.8 Å². The normalized spacial score (nSPS) is 10.5. The van der Waals surface area contributed by atoms with Crippen molar-refractivity contribution in [1.29, 1.82) is 0 Å². The number of hydrogen-bond donors (Lipinski definition) is 5. The molecule has 10 heteroatoms. The highest BCUT2D eigenvalue weighted by Crippen LogP contribution is 2.32. The third kappa shape index (κ3) is 4.62. The number of aromatic nitrogens is 2. The van der Waals surface area contributed by atoms with E-state index in [-0.39, 0.29) is 24.8 Å². The van der Waals surface area contributed by atoms with E-state index in [1.165, 1.54) is 0 Å². The summed E-state index contributed by atoms with van der Waals surface area (Å²) in [6, 6.07) is 7.77. The summed E-state index contributed by atoms with van der Waals surface area (Å²) in [6.45, 7) is 3.77. The van der Waals surface area contributed by atoms with Gasteiger partial charge in [0, 0.05) is 48.8 Å². The Labute approximate surface area is 185 Å². The summed E-state index contributed by atoms with van der Waals surface area (Å²) < 4.78 is 2.08. The second-order valence-corrected chi connectivity index (χ2v) is 6.62. The molecule has 0 amide bonds. The summed E-state index contributed by atoms with van der Waals surface area (Å²) in [6.07, 6.45) is 0.374. The summed E-state index contributed by atoms with van der Waals surface area (Å²) in [5, 5.41) is 23.8. The minimum atomic E-state index is -1.45. The van der Waals surface area contributed by atoms with Crippen LogP contribution in [0.15, 0.2) is 29.1 Å². The molecular weight excluding hydrogens is 431 g/mol. The van der Waals surface area contributed by atoms with Crippen molar-refractivity contribution in [2.24, 2.45) is 12.8 Å². The number of pyridine rings is 1. The molecule has 0 saturated heterocycles. The van der Waals surface area contributed by atoms with Crippen molar-refractivity contribution in [3.63, 3.8) is 0 Å². The molecule has 6 N–H and O–H groups in total. The summed E-state index contributed by atoms with van der Waals surface area (Å²) in [7, 11) is 1.98. The number of aryl methyl sites for hydroxylation is 1. The van der Waals surface area contributed by atoms with Crippen LogP contribution in [0, 0.1) is 0 Å². The van der Waals surface area contributed by atoms with E-state index in [0.29, 0.717) is 36.3 Å². The molecule has 0 radical (unpaired) electrons. The number of fused-ring (bicyclic) bond motifs is 1. The van der Waals surface area contributed by atoms with Gasteiger partial charge in [0.2, 0.25) is 0 Å². The molecule has 1 aromatic carbocycles. The number of benzene rings is 1. The minimum Gasteiger partial charge on any atom is -0.506 e. The van der Waals surface area contributed by atoms with E-state index in [1.54, 1.807) is 6.92 Å². The van der Waals surface area contributed by atoms with E-state index < -0.39 is 22.8 Å². The zero-order chi connectivity index (χ0) is 20.4. The average molecular weight is 457 g/mol. The quantitative estimate of drug-likeness (QED) is 0.346. The lowest BCUT2D eigenvalue weighted by Gasteiger charge is -2.12. The first-order valence-electron chi connectivity index (χ1n) is 9.09. The molecule has 0 bridgehead atoms. The second-order valence-electron chi connectivity index (χ2n) is 6.62.